The van der Waals surface area contributed by atoms with Gasteiger partial charge in [0.2, 0.25) is 11.8 Å². The maximum Gasteiger partial charge on any atom is 0.239 e. The van der Waals surface area contributed by atoms with Crippen LogP contribution in [0, 0.1) is 11.8 Å². The van der Waals surface area contributed by atoms with Crippen LogP contribution in [0.15, 0.2) is 0 Å². The first-order valence-corrected chi connectivity index (χ1v) is 6.01. The molecule has 0 radical (unpaired) electrons. The van der Waals surface area contributed by atoms with E-state index in [2.05, 4.69) is 5.32 Å². The highest BCUT2D eigenvalue weighted by Crippen LogP contribution is 2.06. The van der Waals surface area contributed by atoms with Gasteiger partial charge in [-0.2, -0.15) is 0 Å². The van der Waals surface area contributed by atoms with Gasteiger partial charge in [-0.05, 0) is 12.3 Å². The van der Waals surface area contributed by atoms with E-state index in [-0.39, 0.29) is 17.7 Å². The molecule has 0 heterocycles. The number of amides is 2. The Bertz CT molecular complexity index is 266. The third-order valence-electron chi connectivity index (χ3n) is 2.66. The van der Waals surface area contributed by atoms with Crippen molar-refractivity contribution < 1.29 is 9.59 Å². The number of carbonyl (C=O) groups is 2. The molecule has 0 aliphatic rings. The van der Waals surface area contributed by atoms with Crippen molar-refractivity contribution in [3.05, 3.63) is 0 Å². The maximum atomic E-state index is 11.9. The summed E-state index contributed by atoms with van der Waals surface area (Å²) in [7, 11) is 3.27. The van der Waals surface area contributed by atoms with Crippen molar-refractivity contribution in [2.45, 2.75) is 33.2 Å². The second kappa shape index (κ2) is 7.27. The summed E-state index contributed by atoms with van der Waals surface area (Å²) in [4.78, 5) is 24.8. The molecule has 0 aromatic carbocycles. The van der Waals surface area contributed by atoms with Crippen molar-refractivity contribution in [1.82, 2.24) is 10.2 Å². The van der Waals surface area contributed by atoms with E-state index in [1.54, 1.807) is 21.0 Å². The minimum absolute atomic E-state index is 0.0675. The fourth-order valence-corrected chi connectivity index (χ4v) is 1.72. The van der Waals surface area contributed by atoms with Crippen LogP contribution >= 0.6 is 0 Å². The largest absolute Gasteiger partial charge is 0.359 e. The molecular formula is C12H25N3O2. The Morgan fingerprint density at radius 1 is 1.29 bits per heavy atom. The predicted molar refractivity (Wildman–Crippen MR) is 68.3 cm³/mol. The minimum Gasteiger partial charge on any atom is -0.359 e. The fraction of sp³-hybridized carbons (Fsp3) is 0.833. The first kappa shape index (κ1) is 15.9. The van der Waals surface area contributed by atoms with E-state index in [9.17, 15) is 9.59 Å². The van der Waals surface area contributed by atoms with Crippen LogP contribution in [0.2, 0.25) is 0 Å². The van der Waals surface area contributed by atoms with Gasteiger partial charge in [0.25, 0.3) is 0 Å². The van der Waals surface area contributed by atoms with Gasteiger partial charge in [-0.15, -0.1) is 0 Å². The van der Waals surface area contributed by atoms with Crippen molar-refractivity contribution in [2.24, 2.45) is 17.6 Å². The van der Waals surface area contributed by atoms with Gasteiger partial charge in [-0.25, -0.2) is 0 Å². The van der Waals surface area contributed by atoms with Crippen molar-refractivity contribution in [1.29, 1.82) is 0 Å². The van der Waals surface area contributed by atoms with Crippen LogP contribution < -0.4 is 11.1 Å². The summed E-state index contributed by atoms with van der Waals surface area (Å²) in [5.41, 5.74) is 5.81. The SMILES string of the molecule is CNC(=O)C(C)CN(C)C(=O)[C@H](N)CC(C)C. The van der Waals surface area contributed by atoms with Gasteiger partial charge in [0.15, 0.2) is 0 Å². The molecule has 1 unspecified atom stereocenters. The predicted octanol–water partition coefficient (Wildman–Crippen LogP) is 0.200. The normalized spacial score (nSPS) is 14.3. The van der Waals surface area contributed by atoms with Gasteiger partial charge in [-0.3, -0.25) is 9.59 Å². The summed E-state index contributed by atoms with van der Waals surface area (Å²) in [6, 6.07) is -0.475. The quantitative estimate of drug-likeness (QED) is 0.700. The summed E-state index contributed by atoms with van der Waals surface area (Å²) in [5.74, 6) is -0.00421. The second-order valence-electron chi connectivity index (χ2n) is 4.97. The van der Waals surface area contributed by atoms with E-state index >= 15 is 0 Å². The van der Waals surface area contributed by atoms with Crippen molar-refractivity contribution in [2.75, 3.05) is 20.6 Å². The molecule has 0 aromatic rings. The smallest absolute Gasteiger partial charge is 0.239 e. The average Bonchev–Trinajstić information content (AvgIpc) is 2.25. The molecule has 0 bridgehead atoms. The van der Waals surface area contributed by atoms with Gasteiger partial charge in [0, 0.05) is 20.6 Å². The molecule has 0 saturated carbocycles. The monoisotopic (exact) mass is 243 g/mol. The van der Waals surface area contributed by atoms with Crippen LogP contribution in [0.4, 0.5) is 0 Å². The van der Waals surface area contributed by atoms with E-state index in [1.165, 1.54) is 4.90 Å². The first-order chi connectivity index (χ1) is 7.79. The molecule has 100 valence electrons. The third kappa shape index (κ3) is 5.68. The molecule has 0 aromatic heterocycles. The molecule has 0 fully saturated rings. The van der Waals surface area contributed by atoms with E-state index in [0.717, 1.165) is 0 Å². The number of likely N-dealkylation sites (N-methyl/N-ethyl adjacent to an activating group) is 1. The number of nitrogens with two attached hydrogens (primary N) is 1. The lowest BCUT2D eigenvalue weighted by atomic mass is 10.0. The van der Waals surface area contributed by atoms with Gasteiger partial charge in [-0.1, -0.05) is 20.8 Å². The number of hydrogen-bond donors (Lipinski definition) is 2. The van der Waals surface area contributed by atoms with Gasteiger partial charge >= 0.3 is 0 Å². The number of nitrogens with zero attached hydrogens (tertiary/aromatic N) is 1. The van der Waals surface area contributed by atoms with E-state index in [1.807, 2.05) is 13.8 Å². The Labute approximate surface area is 104 Å². The minimum atomic E-state index is -0.475. The van der Waals surface area contributed by atoms with Crippen molar-refractivity contribution >= 4 is 11.8 Å². The van der Waals surface area contributed by atoms with Crippen LogP contribution in [0.25, 0.3) is 0 Å². The lowest BCUT2D eigenvalue weighted by molar-refractivity contribution is -0.133. The summed E-state index contributed by atoms with van der Waals surface area (Å²) in [6.45, 7) is 6.24. The van der Waals surface area contributed by atoms with Crippen LogP contribution in [-0.4, -0.2) is 43.4 Å². The van der Waals surface area contributed by atoms with Crippen LogP contribution in [-0.2, 0) is 9.59 Å². The Kier molecular flexibility index (Phi) is 6.80. The Hall–Kier alpha value is -1.10. The van der Waals surface area contributed by atoms with E-state index in [4.69, 9.17) is 5.73 Å². The molecule has 5 nitrogen and oxygen atoms in total. The molecule has 2 amide bonds. The molecule has 2 atom stereocenters. The highest BCUT2D eigenvalue weighted by Gasteiger charge is 2.22. The zero-order valence-corrected chi connectivity index (χ0v) is 11.5. The van der Waals surface area contributed by atoms with Gasteiger partial charge in [0.1, 0.15) is 0 Å². The highest BCUT2D eigenvalue weighted by molar-refractivity contribution is 5.83. The molecule has 0 aliphatic carbocycles. The van der Waals surface area contributed by atoms with Crippen LogP contribution in [0.3, 0.4) is 0 Å². The number of hydrogen-bond acceptors (Lipinski definition) is 3. The van der Waals surface area contributed by atoms with Crippen molar-refractivity contribution in [3.8, 4) is 0 Å². The molecule has 0 aliphatic heterocycles. The van der Waals surface area contributed by atoms with Gasteiger partial charge in [0.05, 0.1) is 12.0 Å². The zero-order valence-electron chi connectivity index (χ0n) is 11.5. The van der Waals surface area contributed by atoms with Crippen LogP contribution in [0.5, 0.6) is 0 Å². The van der Waals surface area contributed by atoms with E-state index in [0.29, 0.717) is 18.9 Å². The lowest BCUT2D eigenvalue weighted by Crippen LogP contribution is -2.45. The highest BCUT2D eigenvalue weighted by atomic mass is 16.2. The summed E-state index contributed by atoms with van der Waals surface area (Å²) >= 11 is 0. The topological polar surface area (TPSA) is 75.4 Å². The van der Waals surface area contributed by atoms with E-state index < -0.39 is 6.04 Å². The lowest BCUT2D eigenvalue weighted by Gasteiger charge is -2.24. The molecule has 0 spiro atoms. The fourth-order valence-electron chi connectivity index (χ4n) is 1.72. The second-order valence-corrected chi connectivity index (χ2v) is 4.97. The summed E-state index contributed by atoms with van der Waals surface area (Å²) in [5, 5.41) is 2.56. The third-order valence-corrected chi connectivity index (χ3v) is 2.66. The first-order valence-electron chi connectivity index (χ1n) is 6.01. The van der Waals surface area contributed by atoms with Crippen LogP contribution in [0.1, 0.15) is 27.2 Å². The number of rotatable bonds is 6. The number of carbonyl (C=O) groups excluding carboxylic acids is 2. The summed E-state index contributed by atoms with van der Waals surface area (Å²) < 4.78 is 0. The zero-order chi connectivity index (χ0) is 13.6. The summed E-state index contributed by atoms with van der Waals surface area (Å²) in [6.07, 6.45) is 0.664. The van der Waals surface area contributed by atoms with Gasteiger partial charge < -0.3 is 16.0 Å². The molecule has 0 saturated heterocycles. The van der Waals surface area contributed by atoms with Crippen molar-refractivity contribution in [3.63, 3.8) is 0 Å². The average molecular weight is 243 g/mol. The standard InChI is InChI=1S/C12H25N3O2/c1-8(2)6-10(13)12(17)15(5)7-9(3)11(16)14-4/h8-10H,6-7,13H2,1-5H3,(H,14,16)/t9?,10-/m1/s1. The Morgan fingerprint density at radius 3 is 2.24 bits per heavy atom. The molecular weight excluding hydrogens is 218 g/mol. The molecule has 17 heavy (non-hydrogen) atoms. The molecule has 3 N–H and O–H groups in total. The molecule has 5 heteroatoms. The Balaban J connectivity index is 4.26. The maximum absolute atomic E-state index is 11.9. The Morgan fingerprint density at radius 2 is 1.82 bits per heavy atom. The molecule has 0 rings (SSSR count). The number of nitrogens with one attached hydrogen (secondary N) is 1.